The van der Waals surface area contributed by atoms with Crippen LogP contribution in [0.25, 0.3) is 0 Å². The molecule has 0 saturated carbocycles. The lowest BCUT2D eigenvalue weighted by Crippen LogP contribution is -1.49. The number of carbonyl (C=O) groups is 1. The van der Waals surface area contributed by atoms with Crippen LogP contribution in [0.4, 0.5) is 0 Å². The Hall–Kier alpha value is -0.320. The molecule has 0 aromatic rings. The first-order valence-corrected chi connectivity index (χ1v) is 0.941. The van der Waals surface area contributed by atoms with Crippen molar-refractivity contribution in [3.63, 3.8) is 0 Å². The summed E-state index contributed by atoms with van der Waals surface area (Å²) < 4.78 is 0. The smallest absolute Gasteiger partial charge is 0.290 e. The molecule has 0 fully saturated rings. The third kappa shape index (κ3) is 751. The summed E-state index contributed by atoms with van der Waals surface area (Å²) in [5, 5.41) is 13.9. The van der Waals surface area contributed by atoms with Crippen molar-refractivity contribution in [2.45, 2.75) is 0 Å². The molecule has 0 spiro atoms. The molecular formula is C2H9ClO4. The number of aliphatic hydroxyl groups is 1. The minimum Gasteiger partial charge on any atom is -0.483 e. The zero-order chi connectivity index (χ0) is 4.71. The third-order valence-corrected chi connectivity index (χ3v) is 0. The van der Waals surface area contributed by atoms with Crippen molar-refractivity contribution in [1.82, 2.24) is 0 Å². The van der Waals surface area contributed by atoms with E-state index in [1.807, 2.05) is 0 Å². The van der Waals surface area contributed by atoms with Gasteiger partial charge in [0.25, 0.3) is 6.47 Å². The second-order valence-corrected chi connectivity index (χ2v) is 0.105. The Balaban J connectivity index is -0.0000000105. The third-order valence-electron chi connectivity index (χ3n) is 0. The van der Waals surface area contributed by atoms with E-state index < -0.39 is 0 Å². The van der Waals surface area contributed by atoms with E-state index in [0.717, 1.165) is 7.11 Å². The molecule has 0 aromatic heterocycles. The van der Waals surface area contributed by atoms with Gasteiger partial charge in [-0.05, 0) is 0 Å². The summed E-state index contributed by atoms with van der Waals surface area (Å²) in [5.74, 6) is 0. The first-order valence-electron chi connectivity index (χ1n) is 0.941. The molecule has 0 bridgehead atoms. The fourth-order valence-corrected chi connectivity index (χ4v) is 0. The molecule has 7 heavy (non-hydrogen) atoms. The molecule has 48 valence electrons. The maximum Gasteiger partial charge on any atom is 0.290 e. The zero-order valence-corrected chi connectivity index (χ0v) is 4.60. The summed E-state index contributed by atoms with van der Waals surface area (Å²) in [6, 6.07) is 0. The van der Waals surface area contributed by atoms with E-state index in [-0.39, 0.29) is 24.4 Å². The van der Waals surface area contributed by atoms with E-state index in [0.29, 0.717) is 0 Å². The molecular weight excluding hydrogens is 123 g/mol. The molecule has 0 aromatic carbocycles. The van der Waals surface area contributed by atoms with Gasteiger partial charge in [0.15, 0.2) is 0 Å². The molecule has 0 rings (SSSR count). The first kappa shape index (κ1) is 30.0. The van der Waals surface area contributed by atoms with Crippen LogP contribution < -0.4 is 0 Å². The van der Waals surface area contributed by atoms with Crippen LogP contribution in [-0.4, -0.2) is 29.3 Å². The van der Waals surface area contributed by atoms with Gasteiger partial charge in [-0.15, -0.1) is 12.4 Å². The van der Waals surface area contributed by atoms with Gasteiger partial charge in [0.2, 0.25) is 0 Å². The average molecular weight is 133 g/mol. The molecule has 0 aliphatic heterocycles. The second-order valence-electron chi connectivity index (χ2n) is 0.105. The molecule has 0 aliphatic carbocycles. The zero-order valence-electron chi connectivity index (χ0n) is 3.79. The van der Waals surface area contributed by atoms with Gasteiger partial charge in [0, 0.05) is 7.11 Å². The molecule has 4 N–H and O–H groups in total. The predicted octanol–water partition coefficient (Wildman–Crippen LogP) is -1.09. The van der Waals surface area contributed by atoms with Gasteiger partial charge in [-0.1, -0.05) is 0 Å². The van der Waals surface area contributed by atoms with Gasteiger partial charge in [0.1, 0.15) is 0 Å². The van der Waals surface area contributed by atoms with Gasteiger partial charge in [-0.25, -0.2) is 0 Å². The lowest BCUT2D eigenvalue weighted by atomic mass is 11.7. The van der Waals surface area contributed by atoms with Crippen LogP contribution in [0.2, 0.25) is 0 Å². The highest BCUT2D eigenvalue weighted by Gasteiger charge is 1.22. The van der Waals surface area contributed by atoms with Crippen LogP contribution in [0, 0.1) is 0 Å². The Morgan fingerprint density at radius 3 is 1.43 bits per heavy atom. The number of halogens is 1. The van der Waals surface area contributed by atoms with E-state index in [2.05, 4.69) is 0 Å². The fraction of sp³-hybridized carbons (Fsp3) is 0.500. The van der Waals surface area contributed by atoms with E-state index in [4.69, 9.17) is 15.0 Å². The van der Waals surface area contributed by atoms with Gasteiger partial charge in [-0.3, -0.25) is 4.79 Å². The summed E-state index contributed by atoms with van der Waals surface area (Å²) in [5.41, 5.74) is 0. The molecule has 0 heterocycles. The number of hydrogen-bond donors (Lipinski definition) is 2. The van der Waals surface area contributed by atoms with E-state index in [1.165, 1.54) is 0 Å². The normalized spacial score (nSPS) is 2.57. The Kier molecular flexibility index (Phi) is 1150. The van der Waals surface area contributed by atoms with Crippen LogP contribution in [0.3, 0.4) is 0 Å². The molecule has 0 saturated heterocycles. The highest BCUT2D eigenvalue weighted by atomic mass is 35.5. The summed E-state index contributed by atoms with van der Waals surface area (Å²) in [4.78, 5) is 8.36. The molecule has 0 unspecified atom stereocenters. The van der Waals surface area contributed by atoms with E-state index in [9.17, 15) is 0 Å². The van der Waals surface area contributed by atoms with Crippen molar-refractivity contribution < 1.29 is 20.5 Å². The van der Waals surface area contributed by atoms with Gasteiger partial charge >= 0.3 is 0 Å². The van der Waals surface area contributed by atoms with Gasteiger partial charge < -0.3 is 15.7 Å². The van der Waals surface area contributed by atoms with Crippen molar-refractivity contribution in [2.24, 2.45) is 0 Å². The average Bonchev–Trinajstić information content (AvgIpc) is 1.46. The lowest BCUT2D eigenvalue weighted by molar-refractivity contribution is -0.122. The summed E-state index contributed by atoms with van der Waals surface area (Å²) in [6.07, 6.45) is 0. The number of carboxylic acid groups (broad SMARTS) is 1. The van der Waals surface area contributed by atoms with Crippen molar-refractivity contribution in [2.75, 3.05) is 7.11 Å². The van der Waals surface area contributed by atoms with Crippen LogP contribution in [-0.2, 0) is 4.79 Å². The molecule has 5 heteroatoms. The number of hydrogen-bond acceptors (Lipinski definition) is 2. The molecule has 0 atom stereocenters. The number of rotatable bonds is 0. The first-order chi connectivity index (χ1) is 2.41. The lowest BCUT2D eigenvalue weighted by Gasteiger charge is -1.34. The monoisotopic (exact) mass is 132 g/mol. The maximum absolute atomic E-state index is 8.36. The Bertz CT molecular complexity index is 17.2. The quantitative estimate of drug-likeness (QED) is 0.411. The minimum atomic E-state index is -0.250. The largest absolute Gasteiger partial charge is 0.483 e. The highest BCUT2D eigenvalue weighted by molar-refractivity contribution is 5.85. The maximum atomic E-state index is 8.36. The SMILES string of the molecule is CO.Cl.O.O=CO. The Morgan fingerprint density at radius 1 is 1.43 bits per heavy atom. The summed E-state index contributed by atoms with van der Waals surface area (Å²) >= 11 is 0. The van der Waals surface area contributed by atoms with Gasteiger partial charge in [-0.2, -0.15) is 0 Å². The predicted molar refractivity (Wildman–Crippen MR) is 27.7 cm³/mol. The Morgan fingerprint density at radius 2 is 1.43 bits per heavy atom. The Labute approximate surface area is 47.5 Å². The van der Waals surface area contributed by atoms with Crippen molar-refractivity contribution in [1.29, 1.82) is 0 Å². The molecule has 0 amide bonds. The second kappa shape index (κ2) is 269. The van der Waals surface area contributed by atoms with Crippen molar-refractivity contribution >= 4 is 18.9 Å². The summed E-state index contributed by atoms with van der Waals surface area (Å²) in [7, 11) is 1.00. The standard InChI is InChI=1S/CH2O2.CH4O.ClH.H2O/c2-1-3;1-2;;/h1H,(H,2,3);2H,1H3;1H;1H2. The number of aliphatic hydroxyl groups excluding tert-OH is 1. The van der Waals surface area contributed by atoms with Crippen molar-refractivity contribution in [3.05, 3.63) is 0 Å². The molecule has 4 nitrogen and oxygen atoms in total. The molecule has 0 aliphatic rings. The van der Waals surface area contributed by atoms with Crippen molar-refractivity contribution in [3.8, 4) is 0 Å². The van der Waals surface area contributed by atoms with Crippen LogP contribution in [0.1, 0.15) is 0 Å². The van der Waals surface area contributed by atoms with E-state index in [1.54, 1.807) is 0 Å². The van der Waals surface area contributed by atoms with Crippen LogP contribution >= 0.6 is 12.4 Å². The van der Waals surface area contributed by atoms with Crippen LogP contribution in [0.15, 0.2) is 0 Å². The van der Waals surface area contributed by atoms with Crippen LogP contribution in [0.5, 0.6) is 0 Å². The van der Waals surface area contributed by atoms with Gasteiger partial charge in [0.05, 0.1) is 0 Å². The topological polar surface area (TPSA) is 89.0 Å². The minimum absolute atomic E-state index is 0. The van der Waals surface area contributed by atoms with E-state index >= 15 is 0 Å². The molecule has 0 radical (unpaired) electrons. The summed E-state index contributed by atoms with van der Waals surface area (Å²) in [6.45, 7) is -0.250. The highest BCUT2D eigenvalue weighted by Crippen LogP contribution is 0.966. The fourth-order valence-electron chi connectivity index (χ4n) is 0.